The van der Waals surface area contributed by atoms with Crippen molar-refractivity contribution in [3.63, 3.8) is 0 Å². The van der Waals surface area contributed by atoms with Crippen molar-refractivity contribution >= 4 is 23.6 Å². The second-order valence-corrected chi connectivity index (χ2v) is 8.80. The Labute approximate surface area is 162 Å². The summed E-state index contributed by atoms with van der Waals surface area (Å²) in [6, 6.07) is 15.8. The summed E-state index contributed by atoms with van der Waals surface area (Å²) in [5.74, 6) is 1.01. The highest BCUT2D eigenvalue weighted by Gasteiger charge is 2.58. The van der Waals surface area contributed by atoms with E-state index in [0.717, 1.165) is 11.4 Å². The number of para-hydroxylation sites is 1. The maximum absolute atomic E-state index is 12.5. The molecule has 0 radical (unpaired) electrons. The number of nitrogens with one attached hydrogen (secondary N) is 1. The summed E-state index contributed by atoms with van der Waals surface area (Å²) in [7, 11) is 0. The SMILES string of the molecule is C=C1N2C(=O)[C@@H](NC(=O)c3ccc(Oc4ccccc4)cc3)[C@H]2SC1(C)C. The van der Waals surface area contributed by atoms with E-state index in [1.54, 1.807) is 40.9 Å². The second-order valence-electron chi connectivity index (χ2n) is 7.06. The molecular formula is C21H20N2O3S. The molecule has 0 bridgehead atoms. The quantitative estimate of drug-likeness (QED) is 0.820. The highest BCUT2D eigenvalue weighted by Crippen LogP contribution is 2.52. The van der Waals surface area contributed by atoms with Crippen LogP contribution in [-0.4, -0.2) is 32.9 Å². The van der Waals surface area contributed by atoms with E-state index in [4.69, 9.17) is 4.74 Å². The van der Waals surface area contributed by atoms with Gasteiger partial charge in [-0.1, -0.05) is 24.8 Å². The highest BCUT2D eigenvalue weighted by atomic mass is 32.2. The second kappa shape index (κ2) is 6.46. The van der Waals surface area contributed by atoms with Crippen molar-refractivity contribution in [1.29, 1.82) is 0 Å². The largest absolute Gasteiger partial charge is 0.457 e. The number of thioether (sulfide) groups is 1. The van der Waals surface area contributed by atoms with Crippen LogP contribution in [0.4, 0.5) is 0 Å². The molecule has 1 N–H and O–H groups in total. The molecule has 2 atom stereocenters. The summed E-state index contributed by atoms with van der Waals surface area (Å²) in [5, 5.41) is 2.77. The number of hydrogen-bond donors (Lipinski definition) is 1. The lowest BCUT2D eigenvalue weighted by Gasteiger charge is -2.41. The first kappa shape index (κ1) is 17.7. The number of ether oxygens (including phenoxy) is 1. The van der Waals surface area contributed by atoms with E-state index in [1.165, 1.54) is 0 Å². The molecule has 5 nitrogen and oxygen atoms in total. The van der Waals surface area contributed by atoms with Crippen molar-refractivity contribution in [1.82, 2.24) is 10.2 Å². The van der Waals surface area contributed by atoms with Gasteiger partial charge in [-0.25, -0.2) is 0 Å². The third kappa shape index (κ3) is 3.10. The number of hydrogen-bond acceptors (Lipinski definition) is 4. The Hall–Kier alpha value is -2.73. The van der Waals surface area contributed by atoms with Crippen LogP contribution in [0.5, 0.6) is 11.5 Å². The van der Waals surface area contributed by atoms with Gasteiger partial charge < -0.3 is 10.1 Å². The molecule has 2 saturated heterocycles. The summed E-state index contributed by atoms with van der Waals surface area (Å²) in [6.45, 7) is 8.09. The first-order valence-corrected chi connectivity index (χ1v) is 9.59. The van der Waals surface area contributed by atoms with Crippen molar-refractivity contribution in [2.75, 3.05) is 0 Å². The predicted octanol–water partition coefficient (Wildman–Crippen LogP) is 3.78. The molecule has 2 aromatic rings. The van der Waals surface area contributed by atoms with E-state index in [1.807, 2.05) is 44.2 Å². The van der Waals surface area contributed by atoms with Gasteiger partial charge in [-0.15, -0.1) is 11.8 Å². The van der Waals surface area contributed by atoms with Gasteiger partial charge in [0.15, 0.2) is 0 Å². The number of carbonyl (C=O) groups is 2. The number of rotatable bonds is 4. The van der Waals surface area contributed by atoms with Gasteiger partial charge in [0, 0.05) is 11.3 Å². The zero-order valence-electron chi connectivity index (χ0n) is 15.1. The van der Waals surface area contributed by atoms with Crippen LogP contribution in [0.25, 0.3) is 0 Å². The van der Waals surface area contributed by atoms with Gasteiger partial charge in [-0.3, -0.25) is 14.5 Å². The van der Waals surface area contributed by atoms with Crippen molar-refractivity contribution in [3.8, 4) is 11.5 Å². The van der Waals surface area contributed by atoms with Gasteiger partial charge in [0.25, 0.3) is 11.8 Å². The molecule has 0 unspecified atom stereocenters. The minimum atomic E-state index is -0.513. The molecule has 0 spiro atoms. The molecule has 0 saturated carbocycles. The molecule has 4 rings (SSSR count). The predicted molar refractivity (Wildman–Crippen MR) is 106 cm³/mol. The average molecular weight is 380 g/mol. The molecule has 2 aliphatic heterocycles. The Morgan fingerprint density at radius 1 is 1.11 bits per heavy atom. The van der Waals surface area contributed by atoms with Crippen LogP contribution in [0, 0.1) is 0 Å². The minimum absolute atomic E-state index is 0.0790. The molecule has 138 valence electrons. The van der Waals surface area contributed by atoms with E-state index in [-0.39, 0.29) is 21.9 Å². The third-order valence-corrected chi connectivity index (χ3v) is 6.38. The van der Waals surface area contributed by atoms with Gasteiger partial charge in [0.1, 0.15) is 22.9 Å². The zero-order valence-corrected chi connectivity index (χ0v) is 16.0. The van der Waals surface area contributed by atoms with Crippen LogP contribution in [-0.2, 0) is 4.79 Å². The fourth-order valence-electron chi connectivity index (χ4n) is 3.19. The Morgan fingerprint density at radius 3 is 2.41 bits per heavy atom. The molecule has 2 aliphatic rings. The Bertz CT molecular complexity index is 909. The van der Waals surface area contributed by atoms with Crippen molar-refractivity contribution in [3.05, 3.63) is 72.4 Å². The molecule has 2 heterocycles. The standard InChI is InChI=1S/C21H20N2O3S/c1-13-21(2,3)27-20-17(19(25)23(13)20)22-18(24)14-9-11-16(12-10-14)26-15-7-5-4-6-8-15/h4-12,17,20H,1H2,2-3H3,(H,22,24)/t17-,20-/m1/s1. The molecule has 0 aromatic heterocycles. The van der Waals surface area contributed by atoms with Gasteiger partial charge >= 0.3 is 0 Å². The van der Waals surface area contributed by atoms with E-state index in [0.29, 0.717) is 11.3 Å². The lowest BCUT2D eigenvalue weighted by molar-refractivity contribution is -0.141. The summed E-state index contributed by atoms with van der Waals surface area (Å²) in [4.78, 5) is 26.6. The fourth-order valence-corrected chi connectivity index (χ4v) is 4.68. The van der Waals surface area contributed by atoms with Gasteiger partial charge in [-0.2, -0.15) is 0 Å². The molecule has 6 heteroatoms. The topological polar surface area (TPSA) is 58.6 Å². The summed E-state index contributed by atoms with van der Waals surface area (Å²) in [5.41, 5.74) is 1.29. The first-order valence-electron chi connectivity index (χ1n) is 8.71. The number of nitrogens with zero attached hydrogens (tertiary/aromatic N) is 1. The van der Waals surface area contributed by atoms with Crippen molar-refractivity contribution in [2.45, 2.75) is 30.0 Å². The van der Waals surface area contributed by atoms with E-state index in [2.05, 4.69) is 11.9 Å². The molecule has 2 fully saturated rings. The number of benzene rings is 2. The van der Waals surface area contributed by atoms with Gasteiger partial charge in [-0.05, 0) is 50.2 Å². The normalized spacial score (nSPS) is 22.8. The number of fused-ring (bicyclic) bond motifs is 1. The fraction of sp³-hybridized carbons (Fsp3) is 0.238. The first-order chi connectivity index (χ1) is 12.9. The summed E-state index contributed by atoms with van der Waals surface area (Å²) < 4.78 is 5.53. The van der Waals surface area contributed by atoms with Crippen LogP contribution in [0.1, 0.15) is 24.2 Å². The Morgan fingerprint density at radius 2 is 1.74 bits per heavy atom. The lowest BCUT2D eigenvalue weighted by Crippen LogP contribution is -2.66. The van der Waals surface area contributed by atoms with Crippen LogP contribution in [0.3, 0.4) is 0 Å². The average Bonchev–Trinajstić information content (AvgIpc) is 2.87. The van der Waals surface area contributed by atoms with E-state index >= 15 is 0 Å². The zero-order chi connectivity index (χ0) is 19.2. The van der Waals surface area contributed by atoms with Gasteiger partial charge in [0.2, 0.25) is 0 Å². The van der Waals surface area contributed by atoms with Crippen LogP contribution in [0.2, 0.25) is 0 Å². The Kier molecular flexibility index (Phi) is 4.23. The third-order valence-electron chi connectivity index (χ3n) is 4.83. The molecule has 2 aromatic carbocycles. The minimum Gasteiger partial charge on any atom is -0.457 e. The van der Waals surface area contributed by atoms with Crippen LogP contribution >= 0.6 is 11.8 Å². The number of β-lactam (4-membered cyclic amide) rings is 1. The molecule has 0 aliphatic carbocycles. The summed E-state index contributed by atoms with van der Waals surface area (Å²) >= 11 is 1.65. The molecular weight excluding hydrogens is 360 g/mol. The monoisotopic (exact) mass is 380 g/mol. The molecule has 27 heavy (non-hydrogen) atoms. The number of carbonyl (C=O) groups excluding carboxylic acids is 2. The maximum Gasteiger partial charge on any atom is 0.253 e. The van der Waals surface area contributed by atoms with Crippen LogP contribution in [0.15, 0.2) is 66.9 Å². The maximum atomic E-state index is 12.5. The van der Waals surface area contributed by atoms with Crippen LogP contribution < -0.4 is 10.1 Å². The highest BCUT2D eigenvalue weighted by molar-refractivity contribution is 8.01. The lowest BCUT2D eigenvalue weighted by atomic mass is 10.0. The van der Waals surface area contributed by atoms with E-state index in [9.17, 15) is 9.59 Å². The number of amides is 2. The Balaban J connectivity index is 1.41. The summed E-state index contributed by atoms with van der Waals surface area (Å²) in [6.07, 6.45) is 0. The van der Waals surface area contributed by atoms with Crippen molar-refractivity contribution in [2.24, 2.45) is 0 Å². The van der Waals surface area contributed by atoms with Crippen molar-refractivity contribution < 1.29 is 14.3 Å². The van der Waals surface area contributed by atoms with Gasteiger partial charge in [0.05, 0.1) is 4.75 Å². The van der Waals surface area contributed by atoms with E-state index < -0.39 is 6.04 Å². The smallest absolute Gasteiger partial charge is 0.253 e. The molecule has 2 amide bonds.